The third-order valence-electron chi connectivity index (χ3n) is 4.32. The SMILES string of the molecule is CC1CCC(n2c(=O)[nH]c3ccc(C(=O)O)cc32)CC1. The van der Waals surface area contributed by atoms with Crippen LogP contribution in [0, 0.1) is 5.92 Å². The molecular formula is C15H18N2O3. The van der Waals surface area contributed by atoms with E-state index in [-0.39, 0.29) is 17.3 Å². The van der Waals surface area contributed by atoms with E-state index in [0.717, 1.165) is 25.7 Å². The van der Waals surface area contributed by atoms with Crippen LogP contribution in [0.3, 0.4) is 0 Å². The fourth-order valence-electron chi connectivity index (χ4n) is 3.12. The topological polar surface area (TPSA) is 75.1 Å². The molecule has 2 aromatic rings. The molecule has 0 amide bonds. The van der Waals surface area contributed by atoms with E-state index in [0.29, 0.717) is 17.0 Å². The van der Waals surface area contributed by atoms with Crippen LogP contribution in [0.5, 0.6) is 0 Å². The first-order valence-corrected chi connectivity index (χ1v) is 7.04. The standard InChI is InChI=1S/C15H18N2O3/c1-9-2-5-11(6-3-9)17-13-8-10(14(18)19)4-7-12(13)16-15(17)20/h4,7-9,11H,2-3,5-6H2,1H3,(H,16,20)(H,18,19). The number of nitrogens with zero attached hydrogens (tertiary/aromatic N) is 1. The Kier molecular flexibility index (Phi) is 3.12. The van der Waals surface area contributed by atoms with E-state index in [1.807, 2.05) is 0 Å². The van der Waals surface area contributed by atoms with Gasteiger partial charge in [0.2, 0.25) is 0 Å². The van der Waals surface area contributed by atoms with Gasteiger partial charge in [-0.2, -0.15) is 0 Å². The minimum Gasteiger partial charge on any atom is -0.478 e. The summed E-state index contributed by atoms with van der Waals surface area (Å²) in [6.07, 6.45) is 4.18. The molecule has 0 radical (unpaired) electrons. The number of aromatic carboxylic acids is 1. The molecule has 0 unspecified atom stereocenters. The third-order valence-corrected chi connectivity index (χ3v) is 4.32. The quantitative estimate of drug-likeness (QED) is 0.884. The second-order valence-corrected chi connectivity index (χ2v) is 5.75. The van der Waals surface area contributed by atoms with E-state index >= 15 is 0 Å². The number of hydrogen-bond acceptors (Lipinski definition) is 2. The van der Waals surface area contributed by atoms with E-state index in [1.165, 1.54) is 6.07 Å². The molecule has 1 aliphatic rings. The van der Waals surface area contributed by atoms with Crippen LogP contribution >= 0.6 is 0 Å². The predicted molar refractivity (Wildman–Crippen MR) is 76.2 cm³/mol. The van der Waals surface area contributed by atoms with Crippen LogP contribution in [-0.4, -0.2) is 20.6 Å². The predicted octanol–water partition coefficient (Wildman–Crippen LogP) is 2.78. The van der Waals surface area contributed by atoms with Gasteiger partial charge in [-0.15, -0.1) is 0 Å². The van der Waals surface area contributed by atoms with E-state index in [9.17, 15) is 9.59 Å². The van der Waals surface area contributed by atoms with Gasteiger partial charge >= 0.3 is 11.7 Å². The number of H-pyrrole nitrogens is 1. The van der Waals surface area contributed by atoms with Gasteiger partial charge in [0.25, 0.3) is 0 Å². The van der Waals surface area contributed by atoms with Crippen molar-refractivity contribution >= 4 is 17.0 Å². The first-order valence-electron chi connectivity index (χ1n) is 7.04. The van der Waals surface area contributed by atoms with Crippen LogP contribution in [0.4, 0.5) is 0 Å². The molecular weight excluding hydrogens is 256 g/mol. The third kappa shape index (κ3) is 2.13. The zero-order valence-electron chi connectivity index (χ0n) is 11.4. The minimum atomic E-state index is -0.968. The van der Waals surface area contributed by atoms with Crippen LogP contribution < -0.4 is 5.69 Å². The molecule has 0 bridgehead atoms. The number of carboxylic acid groups (broad SMARTS) is 1. The molecule has 0 aliphatic heterocycles. The van der Waals surface area contributed by atoms with Crippen molar-refractivity contribution in [2.75, 3.05) is 0 Å². The lowest BCUT2D eigenvalue weighted by Gasteiger charge is -2.27. The maximum atomic E-state index is 12.2. The van der Waals surface area contributed by atoms with Crippen molar-refractivity contribution in [1.29, 1.82) is 0 Å². The first-order chi connectivity index (χ1) is 9.56. The van der Waals surface area contributed by atoms with Gasteiger partial charge in [0.1, 0.15) is 0 Å². The number of aromatic amines is 1. The minimum absolute atomic E-state index is 0.137. The van der Waals surface area contributed by atoms with Crippen LogP contribution in [0.1, 0.15) is 49.0 Å². The van der Waals surface area contributed by atoms with Crippen molar-refractivity contribution in [3.63, 3.8) is 0 Å². The van der Waals surface area contributed by atoms with Crippen molar-refractivity contribution in [1.82, 2.24) is 9.55 Å². The Morgan fingerprint density at radius 1 is 1.30 bits per heavy atom. The van der Waals surface area contributed by atoms with Crippen LogP contribution in [0.2, 0.25) is 0 Å². The normalized spacial score (nSPS) is 23.1. The fraction of sp³-hybridized carbons (Fsp3) is 0.467. The van der Waals surface area contributed by atoms with Gasteiger partial charge in [0.05, 0.1) is 16.6 Å². The van der Waals surface area contributed by atoms with Crippen LogP contribution in [0.25, 0.3) is 11.0 Å². The van der Waals surface area contributed by atoms with E-state index in [4.69, 9.17) is 5.11 Å². The van der Waals surface area contributed by atoms with E-state index < -0.39 is 5.97 Å². The van der Waals surface area contributed by atoms with Crippen LogP contribution in [0.15, 0.2) is 23.0 Å². The molecule has 5 heteroatoms. The molecule has 0 spiro atoms. The largest absolute Gasteiger partial charge is 0.478 e. The molecule has 0 atom stereocenters. The summed E-state index contributed by atoms with van der Waals surface area (Å²) in [5, 5.41) is 9.09. The maximum absolute atomic E-state index is 12.2. The highest BCUT2D eigenvalue weighted by molar-refractivity contribution is 5.92. The van der Waals surface area contributed by atoms with Gasteiger partial charge in [0.15, 0.2) is 0 Å². The Bertz CT molecular complexity index is 705. The first kappa shape index (κ1) is 13.0. The molecule has 20 heavy (non-hydrogen) atoms. The monoisotopic (exact) mass is 274 g/mol. The summed E-state index contributed by atoms with van der Waals surface area (Å²) in [4.78, 5) is 26.1. The maximum Gasteiger partial charge on any atom is 0.335 e. The van der Waals surface area contributed by atoms with E-state index in [1.54, 1.807) is 16.7 Å². The van der Waals surface area contributed by atoms with Crippen molar-refractivity contribution < 1.29 is 9.90 Å². The molecule has 1 fully saturated rings. The summed E-state index contributed by atoms with van der Waals surface area (Å²) in [6.45, 7) is 2.23. The van der Waals surface area contributed by atoms with Gasteiger partial charge in [-0.25, -0.2) is 9.59 Å². The Morgan fingerprint density at radius 2 is 2.00 bits per heavy atom. The summed E-state index contributed by atoms with van der Waals surface area (Å²) in [6, 6.07) is 4.96. The summed E-state index contributed by atoms with van der Waals surface area (Å²) in [5.41, 5.74) is 1.49. The number of carboxylic acids is 1. The Balaban J connectivity index is 2.09. The summed E-state index contributed by atoms with van der Waals surface area (Å²) >= 11 is 0. The average Bonchev–Trinajstić information content (AvgIpc) is 2.75. The second kappa shape index (κ2) is 4.81. The molecule has 1 aliphatic carbocycles. The van der Waals surface area contributed by atoms with Gasteiger partial charge in [-0.3, -0.25) is 4.57 Å². The Labute approximate surface area is 116 Å². The highest BCUT2D eigenvalue weighted by Gasteiger charge is 2.23. The number of fused-ring (bicyclic) bond motifs is 1. The number of benzene rings is 1. The van der Waals surface area contributed by atoms with E-state index in [2.05, 4.69) is 11.9 Å². The van der Waals surface area contributed by atoms with Gasteiger partial charge in [-0.05, 0) is 49.8 Å². The van der Waals surface area contributed by atoms with Crippen LogP contribution in [-0.2, 0) is 0 Å². The summed E-state index contributed by atoms with van der Waals surface area (Å²) in [5.74, 6) is -0.258. The zero-order valence-corrected chi connectivity index (χ0v) is 11.4. The lowest BCUT2D eigenvalue weighted by atomic mass is 9.87. The van der Waals surface area contributed by atoms with Gasteiger partial charge < -0.3 is 10.1 Å². The number of imidazole rings is 1. The number of nitrogens with one attached hydrogen (secondary N) is 1. The molecule has 1 saturated carbocycles. The molecule has 0 saturated heterocycles. The molecule has 5 nitrogen and oxygen atoms in total. The fourth-order valence-corrected chi connectivity index (χ4v) is 3.12. The van der Waals surface area contributed by atoms with Crippen molar-refractivity contribution in [2.45, 2.75) is 38.6 Å². The second-order valence-electron chi connectivity index (χ2n) is 5.75. The summed E-state index contributed by atoms with van der Waals surface area (Å²) < 4.78 is 1.74. The highest BCUT2D eigenvalue weighted by atomic mass is 16.4. The molecule has 1 heterocycles. The van der Waals surface area contributed by atoms with Crippen molar-refractivity contribution in [2.24, 2.45) is 5.92 Å². The summed E-state index contributed by atoms with van der Waals surface area (Å²) in [7, 11) is 0. The smallest absolute Gasteiger partial charge is 0.335 e. The molecule has 106 valence electrons. The van der Waals surface area contributed by atoms with Gasteiger partial charge in [0, 0.05) is 6.04 Å². The number of carbonyl (C=O) groups is 1. The average molecular weight is 274 g/mol. The molecule has 3 rings (SSSR count). The number of aromatic nitrogens is 2. The Hall–Kier alpha value is -2.04. The van der Waals surface area contributed by atoms with Crippen molar-refractivity contribution in [3.05, 3.63) is 34.2 Å². The number of hydrogen-bond donors (Lipinski definition) is 2. The zero-order chi connectivity index (χ0) is 14.3. The molecule has 1 aromatic carbocycles. The lowest BCUT2D eigenvalue weighted by molar-refractivity contribution is 0.0697. The lowest BCUT2D eigenvalue weighted by Crippen LogP contribution is -2.25. The van der Waals surface area contributed by atoms with Gasteiger partial charge in [-0.1, -0.05) is 6.92 Å². The molecule has 2 N–H and O–H groups in total. The highest BCUT2D eigenvalue weighted by Crippen LogP contribution is 2.32. The number of rotatable bonds is 2. The molecule has 1 aromatic heterocycles. The Morgan fingerprint density at radius 3 is 2.65 bits per heavy atom. The van der Waals surface area contributed by atoms with Crippen molar-refractivity contribution in [3.8, 4) is 0 Å².